The van der Waals surface area contributed by atoms with Crippen molar-refractivity contribution in [2.45, 2.75) is 6.18 Å². The van der Waals surface area contributed by atoms with Crippen LogP contribution >= 0.6 is 0 Å². The first-order valence-corrected chi connectivity index (χ1v) is 2.56. The zero-order chi connectivity index (χ0) is 7.07. The quantitative estimate of drug-likeness (QED) is 0.492. The van der Waals surface area contributed by atoms with Crippen molar-refractivity contribution >= 4 is 0 Å². The van der Waals surface area contributed by atoms with Crippen molar-refractivity contribution in [1.29, 1.82) is 0 Å². The summed E-state index contributed by atoms with van der Waals surface area (Å²) in [5.74, 6) is 3.81. The molecule has 0 saturated carbocycles. The summed E-state index contributed by atoms with van der Waals surface area (Å²) in [5, 5.41) is 1.15. The Morgan fingerprint density at radius 2 is 1.78 bits per heavy atom. The van der Waals surface area contributed by atoms with Crippen molar-refractivity contribution in [1.82, 2.24) is 5.01 Å². The largest absolute Gasteiger partial charge is 0.394 e. The maximum Gasteiger partial charge on any atom is 0.394 e. The highest BCUT2D eigenvalue weighted by molar-refractivity contribution is 4.81. The first-order valence-electron chi connectivity index (χ1n) is 2.56. The Bertz CT molecular complexity index is 105. The molecule has 0 aromatic carbocycles. The van der Waals surface area contributed by atoms with E-state index >= 15 is 0 Å². The molecule has 1 heterocycles. The molecule has 0 amide bonds. The molecule has 54 valence electrons. The van der Waals surface area contributed by atoms with Gasteiger partial charge < -0.3 is 0 Å². The molecule has 2 nitrogen and oxygen atoms in total. The molecule has 0 spiro atoms. The van der Waals surface area contributed by atoms with Crippen molar-refractivity contribution in [2.24, 2.45) is 11.8 Å². The molecule has 1 aliphatic rings. The van der Waals surface area contributed by atoms with E-state index in [-0.39, 0.29) is 13.1 Å². The molecular formula is C4H7F3N2. The summed E-state index contributed by atoms with van der Waals surface area (Å²) in [5.41, 5.74) is 0. The first kappa shape index (κ1) is 6.82. The van der Waals surface area contributed by atoms with Gasteiger partial charge in [0.1, 0.15) is 0 Å². The number of hydrazine groups is 1. The number of nitrogens with zero attached hydrogens (tertiary/aromatic N) is 1. The summed E-state index contributed by atoms with van der Waals surface area (Å²) in [6.07, 6.45) is -4.05. The summed E-state index contributed by atoms with van der Waals surface area (Å²) in [7, 11) is 0. The maximum atomic E-state index is 11.6. The molecule has 0 aromatic rings. The van der Waals surface area contributed by atoms with Crippen molar-refractivity contribution in [3.8, 4) is 0 Å². The lowest BCUT2D eigenvalue weighted by atomic mass is 10.0. The standard InChI is InChI=1S/C4H7F3N2/c5-4(6,7)3-1-9(8)2-3/h3H,1-2,8H2. The average Bonchev–Trinajstić information content (AvgIpc) is 1.55. The van der Waals surface area contributed by atoms with Gasteiger partial charge in [-0.25, -0.2) is 5.01 Å². The number of alkyl halides is 3. The molecule has 1 saturated heterocycles. The smallest absolute Gasteiger partial charge is 0.269 e. The summed E-state index contributed by atoms with van der Waals surface area (Å²) >= 11 is 0. The van der Waals surface area contributed by atoms with E-state index < -0.39 is 12.1 Å². The van der Waals surface area contributed by atoms with E-state index in [4.69, 9.17) is 5.84 Å². The van der Waals surface area contributed by atoms with Crippen LogP contribution in [0.4, 0.5) is 13.2 Å². The molecule has 0 radical (unpaired) electrons. The number of halogens is 3. The van der Waals surface area contributed by atoms with Gasteiger partial charge in [-0.3, -0.25) is 5.84 Å². The van der Waals surface area contributed by atoms with Crippen molar-refractivity contribution < 1.29 is 13.2 Å². The molecule has 1 aliphatic heterocycles. The highest BCUT2D eigenvalue weighted by atomic mass is 19.4. The van der Waals surface area contributed by atoms with Crippen molar-refractivity contribution in [2.75, 3.05) is 13.1 Å². The lowest BCUT2D eigenvalue weighted by molar-refractivity contribution is -0.209. The summed E-state index contributed by atoms with van der Waals surface area (Å²) in [6.45, 7) is -0.104. The van der Waals surface area contributed by atoms with E-state index in [1.807, 2.05) is 0 Å². The highest BCUT2D eigenvalue weighted by Crippen LogP contribution is 2.31. The van der Waals surface area contributed by atoms with E-state index in [0.29, 0.717) is 0 Å². The van der Waals surface area contributed by atoms with Crippen LogP contribution in [0.2, 0.25) is 0 Å². The van der Waals surface area contributed by atoms with Crippen LogP contribution in [0.25, 0.3) is 0 Å². The number of hydrogen-bond donors (Lipinski definition) is 1. The number of rotatable bonds is 0. The second-order valence-electron chi connectivity index (χ2n) is 2.19. The van der Waals surface area contributed by atoms with Crippen LogP contribution in [0.15, 0.2) is 0 Å². The Morgan fingerprint density at radius 1 is 1.33 bits per heavy atom. The fraction of sp³-hybridized carbons (Fsp3) is 1.00. The molecule has 2 N–H and O–H groups in total. The minimum atomic E-state index is -4.05. The van der Waals surface area contributed by atoms with Gasteiger partial charge in [-0.2, -0.15) is 13.2 Å². The van der Waals surface area contributed by atoms with Gasteiger partial charge in [0.25, 0.3) is 0 Å². The summed E-state index contributed by atoms with van der Waals surface area (Å²) in [4.78, 5) is 0. The molecule has 0 aliphatic carbocycles. The first-order chi connectivity index (χ1) is 4.00. The molecular weight excluding hydrogens is 133 g/mol. The van der Waals surface area contributed by atoms with Gasteiger partial charge in [0.05, 0.1) is 5.92 Å². The Labute approximate surface area is 50.4 Å². The summed E-state index contributed by atoms with van der Waals surface area (Å²) < 4.78 is 34.8. The zero-order valence-electron chi connectivity index (χ0n) is 4.65. The van der Waals surface area contributed by atoms with Crippen LogP contribution in [0.5, 0.6) is 0 Å². The second-order valence-corrected chi connectivity index (χ2v) is 2.19. The normalized spacial score (nSPS) is 24.0. The second kappa shape index (κ2) is 1.85. The van der Waals surface area contributed by atoms with Gasteiger partial charge in [0, 0.05) is 13.1 Å². The van der Waals surface area contributed by atoms with Gasteiger partial charge >= 0.3 is 6.18 Å². The van der Waals surface area contributed by atoms with Crippen molar-refractivity contribution in [3.05, 3.63) is 0 Å². The predicted molar refractivity (Wildman–Crippen MR) is 25.3 cm³/mol. The van der Waals surface area contributed by atoms with Gasteiger partial charge in [0.2, 0.25) is 0 Å². The third-order valence-corrected chi connectivity index (χ3v) is 1.37. The van der Waals surface area contributed by atoms with E-state index in [1.165, 1.54) is 0 Å². The van der Waals surface area contributed by atoms with E-state index in [0.717, 1.165) is 5.01 Å². The SMILES string of the molecule is NN1CC(C(F)(F)F)C1. The molecule has 0 aromatic heterocycles. The Hall–Kier alpha value is -0.290. The molecule has 9 heavy (non-hydrogen) atoms. The lowest BCUT2D eigenvalue weighted by Crippen LogP contribution is -2.56. The average molecular weight is 140 g/mol. The zero-order valence-corrected chi connectivity index (χ0v) is 4.65. The van der Waals surface area contributed by atoms with Crippen LogP contribution in [0.1, 0.15) is 0 Å². The Kier molecular flexibility index (Phi) is 1.40. The molecule has 0 atom stereocenters. The van der Waals surface area contributed by atoms with Crippen molar-refractivity contribution in [3.63, 3.8) is 0 Å². The monoisotopic (exact) mass is 140 g/mol. The lowest BCUT2D eigenvalue weighted by Gasteiger charge is -2.36. The number of nitrogens with two attached hydrogens (primary N) is 1. The fourth-order valence-corrected chi connectivity index (χ4v) is 0.720. The molecule has 0 bridgehead atoms. The maximum absolute atomic E-state index is 11.6. The van der Waals surface area contributed by atoms with Crippen LogP contribution in [0.3, 0.4) is 0 Å². The van der Waals surface area contributed by atoms with Gasteiger partial charge in [0.15, 0.2) is 0 Å². The fourth-order valence-electron chi connectivity index (χ4n) is 0.720. The molecule has 5 heteroatoms. The highest BCUT2D eigenvalue weighted by Gasteiger charge is 2.46. The summed E-state index contributed by atoms with van der Waals surface area (Å²) in [6, 6.07) is 0. The number of hydrogen-bond acceptors (Lipinski definition) is 2. The Morgan fingerprint density at radius 3 is 1.89 bits per heavy atom. The minimum Gasteiger partial charge on any atom is -0.269 e. The molecule has 1 fully saturated rings. The van der Waals surface area contributed by atoms with E-state index in [2.05, 4.69) is 0 Å². The van der Waals surface area contributed by atoms with E-state index in [1.54, 1.807) is 0 Å². The molecule has 1 rings (SSSR count). The minimum absolute atomic E-state index is 0.0521. The van der Waals surface area contributed by atoms with Crippen LogP contribution in [-0.4, -0.2) is 24.3 Å². The van der Waals surface area contributed by atoms with Crippen LogP contribution in [0, 0.1) is 5.92 Å². The topological polar surface area (TPSA) is 29.3 Å². The molecule has 0 unspecified atom stereocenters. The van der Waals surface area contributed by atoms with Gasteiger partial charge in [-0.1, -0.05) is 0 Å². The van der Waals surface area contributed by atoms with Crippen LogP contribution in [-0.2, 0) is 0 Å². The third-order valence-electron chi connectivity index (χ3n) is 1.37. The predicted octanol–water partition coefficient (Wildman–Crippen LogP) is 0.354. The van der Waals surface area contributed by atoms with Gasteiger partial charge in [-0.05, 0) is 0 Å². The Balaban J connectivity index is 2.32. The third kappa shape index (κ3) is 1.34. The van der Waals surface area contributed by atoms with Gasteiger partial charge in [-0.15, -0.1) is 0 Å². The van der Waals surface area contributed by atoms with E-state index in [9.17, 15) is 13.2 Å². The van der Waals surface area contributed by atoms with Crippen LogP contribution < -0.4 is 5.84 Å².